The molecule has 3 saturated carbocycles. The van der Waals surface area contributed by atoms with Crippen LogP contribution in [-0.2, 0) is 42.7 Å². The molecule has 7 aromatic rings. The number of carbonyl (C=O) groups excluding carboxylic acids is 2. The maximum Gasteiger partial charge on any atom is 0.317 e. The van der Waals surface area contributed by atoms with Crippen LogP contribution in [0.5, 0.6) is 28.7 Å². The molecular formula is C65H66O12. The largest absolute Gasteiger partial charge is 0.508 e. The van der Waals surface area contributed by atoms with E-state index in [1.54, 1.807) is 24.3 Å². The Morgan fingerprint density at radius 1 is 0.701 bits per heavy atom. The van der Waals surface area contributed by atoms with E-state index in [-0.39, 0.29) is 54.3 Å². The van der Waals surface area contributed by atoms with Crippen molar-refractivity contribution < 1.29 is 59.2 Å². The minimum Gasteiger partial charge on any atom is -0.508 e. The molecule has 12 rings (SSSR count). The number of esters is 2. The number of aliphatic hydroxyl groups excluding tert-OH is 2. The third kappa shape index (κ3) is 8.37. The van der Waals surface area contributed by atoms with Crippen molar-refractivity contribution in [1.29, 1.82) is 0 Å². The van der Waals surface area contributed by atoms with Crippen molar-refractivity contribution in [3.8, 4) is 39.9 Å². The van der Waals surface area contributed by atoms with Gasteiger partial charge in [0.25, 0.3) is 0 Å². The molecule has 0 amide bonds. The molecule has 0 spiro atoms. The van der Waals surface area contributed by atoms with Crippen LogP contribution in [0, 0.1) is 23.7 Å². The summed E-state index contributed by atoms with van der Waals surface area (Å²) < 4.78 is 25.5. The number of ether oxygens (including phenoxy) is 4. The zero-order valence-corrected chi connectivity index (χ0v) is 43.6. The molecular weight excluding hydrogens is 973 g/mol. The molecule has 12 heteroatoms. The first-order valence-electron chi connectivity index (χ1n) is 27.3. The molecule has 12 nitrogen and oxygen atoms in total. The molecule has 6 N–H and O–H groups in total. The van der Waals surface area contributed by atoms with E-state index < -0.39 is 65.1 Å². The van der Waals surface area contributed by atoms with Gasteiger partial charge in [0, 0.05) is 24.7 Å². The van der Waals surface area contributed by atoms with Gasteiger partial charge < -0.3 is 49.6 Å². The number of phenols is 3. The van der Waals surface area contributed by atoms with Gasteiger partial charge in [0.1, 0.15) is 18.0 Å². The number of phenolic OH excluding ortho intramolecular Hbond substituents is 3. The highest BCUT2D eigenvalue weighted by molar-refractivity contribution is 5.99. The summed E-state index contributed by atoms with van der Waals surface area (Å²) in [4.78, 5) is 30.1. The Labute approximate surface area is 447 Å². The van der Waals surface area contributed by atoms with E-state index in [9.17, 15) is 35.4 Å². The van der Waals surface area contributed by atoms with Gasteiger partial charge in [-0.1, -0.05) is 91.3 Å². The Kier molecular flexibility index (Phi) is 13.0. The van der Waals surface area contributed by atoms with Crippen molar-refractivity contribution in [3.05, 3.63) is 161 Å². The standard InChI is InChI=1S/C65H66O12/c1-35(66)76-58-31-46(77-63(73)64(21-9-14-42(64)19-20-61(71)72)43-17-16-39-23-45(67)29-48(47(39)28-43)37-11-5-4-6-12-37)30-51-49-33-60(75-3)56(69)26-40(49)24-52-55(68)34-53-50-32-57(70)59(74-2)27-41(50)25-54(58)65(53,62(51)52)44-18-15-36-10-7-8-13-38(36)22-44/h4-8,10-13,15-18,22-23,26-29,32-33,42,46,51-55,58,61-62,67-72H,9,14,19-21,24-25,30-31,34H2,1-3H3. The van der Waals surface area contributed by atoms with Gasteiger partial charge in [-0.2, -0.15) is 0 Å². The van der Waals surface area contributed by atoms with Crippen LogP contribution in [-0.4, -0.2) is 81.4 Å². The molecule has 11 atom stereocenters. The first-order chi connectivity index (χ1) is 37.2. The summed E-state index contributed by atoms with van der Waals surface area (Å²) in [7, 11) is 3.04. The van der Waals surface area contributed by atoms with E-state index in [1.165, 1.54) is 21.1 Å². The molecule has 77 heavy (non-hydrogen) atoms. The van der Waals surface area contributed by atoms with Crippen molar-refractivity contribution >= 4 is 33.5 Å². The second-order valence-corrected chi connectivity index (χ2v) is 22.7. The van der Waals surface area contributed by atoms with Gasteiger partial charge in [0.05, 0.1) is 25.7 Å². The lowest BCUT2D eigenvalue weighted by Crippen LogP contribution is -2.65. The first kappa shape index (κ1) is 50.7. The molecule has 0 heterocycles. The van der Waals surface area contributed by atoms with E-state index >= 15 is 4.79 Å². The van der Waals surface area contributed by atoms with Gasteiger partial charge in [-0.3, -0.25) is 9.59 Å². The second-order valence-electron chi connectivity index (χ2n) is 22.7. The highest BCUT2D eigenvalue weighted by atomic mass is 16.6. The number of carbonyl (C=O) groups is 2. The normalized spacial score (nSPS) is 28.2. The second kappa shape index (κ2) is 19.7. The molecule has 3 fully saturated rings. The highest BCUT2D eigenvalue weighted by Crippen LogP contribution is 2.70. The quantitative estimate of drug-likeness (QED) is 0.0531. The van der Waals surface area contributed by atoms with E-state index in [1.807, 2.05) is 72.8 Å². The Balaban J connectivity index is 1.07. The lowest BCUT2D eigenvalue weighted by atomic mass is 9.38. The van der Waals surface area contributed by atoms with Crippen LogP contribution >= 0.6 is 0 Å². The maximum atomic E-state index is 16.2. The average Bonchev–Trinajstić information content (AvgIpc) is 3.76. The third-order valence-corrected chi connectivity index (χ3v) is 19.0. The number of hydrogen-bond acceptors (Lipinski definition) is 12. The Morgan fingerprint density at radius 3 is 2.18 bits per heavy atom. The SMILES string of the molecule is COc1cc2c(cc1O)C1CC(O)C3Cc4cc(O)c(OC)cc4C4CC(OC(=O)C5(c6ccc7cc(O)cc(-c8ccccc8)c7c6)CCCC5CCC(O)O)CC(OC(C)=O)C(C2)C1(c1ccc2ccccc2c1)C43. The van der Waals surface area contributed by atoms with Gasteiger partial charge in [0.15, 0.2) is 29.3 Å². The van der Waals surface area contributed by atoms with E-state index in [2.05, 4.69) is 30.3 Å². The molecule has 11 unspecified atom stereocenters. The molecule has 7 aromatic carbocycles. The predicted octanol–water partition coefficient (Wildman–Crippen LogP) is 10.8. The number of aromatic hydroxyl groups is 3. The fourth-order valence-electron chi connectivity index (χ4n) is 16.0. The number of methoxy groups -OCH3 is 2. The molecule has 0 bridgehead atoms. The van der Waals surface area contributed by atoms with Gasteiger partial charge in [-0.05, 0) is 189 Å². The van der Waals surface area contributed by atoms with E-state index in [4.69, 9.17) is 18.9 Å². The summed E-state index contributed by atoms with van der Waals surface area (Å²) in [5, 5.41) is 71.2. The zero-order valence-electron chi connectivity index (χ0n) is 43.6. The first-order valence-corrected chi connectivity index (χ1v) is 27.3. The van der Waals surface area contributed by atoms with E-state index in [0.29, 0.717) is 56.4 Å². The van der Waals surface area contributed by atoms with Crippen LogP contribution in [0.3, 0.4) is 0 Å². The molecule has 0 aliphatic heterocycles. The minimum atomic E-state index is -1.58. The van der Waals surface area contributed by atoms with Crippen molar-refractivity contribution in [3.63, 3.8) is 0 Å². The van der Waals surface area contributed by atoms with E-state index in [0.717, 1.165) is 66.1 Å². The molecule has 0 radical (unpaired) electrons. The summed E-state index contributed by atoms with van der Waals surface area (Å²) in [6, 6.07) is 41.3. The number of aliphatic hydroxyl groups is 3. The molecule has 5 aliphatic carbocycles. The summed E-state index contributed by atoms with van der Waals surface area (Å²) in [6.07, 6.45) is -0.399. The fourth-order valence-corrected chi connectivity index (χ4v) is 16.0. The van der Waals surface area contributed by atoms with Crippen LogP contribution in [0.1, 0.15) is 104 Å². The predicted molar refractivity (Wildman–Crippen MR) is 291 cm³/mol. The lowest BCUT2D eigenvalue weighted by Gasteiger charge is -2.66. The van der Waals surface area contributed by atoms with Crippen LogP contribution in [0.4, 0.5) is 0 Å². The van der Waals surface area contributed by atoms with Gasteiger partial charge >= 0.3 is 11.9 Å². The van der Waals surface area contributed by atoms with Gasteiger partial charge in [-0.25, -0.2) is 0 Å². The average molecular weight is 1040 g/mol. The van der Waals surface area contributed by atoms with Crippen LogP contribution in [0.15, 0.2) is 127 Å². The lowest BCUT2D eigenvalue weighted by molar-refractivity contribution is -0.175. The van der Waals surface area contributed by atoms with Crippen molar-refractivity contribution in [2.24, 2.45) is 23.7 Å². The number of hydrogen-bond donors (Lipinski definition) is 6. The highest BCUT2D eigenvalue weighted by Gasteiger charge is 2.67. The topological polar surface area (TPSA) is 192 Å². The minimum absolute atomic E-state index is 0.0106. The van der Waals surface area contributed by atoms with Gasteiger partial charge in [-0.15, -0.1) is 0 Å². The van der Waals surface area contributed by atoms with Crippen molar-refractivity contribution in [1.82, 2.24) is 0 Å². The summed E-state index contributed by atoms with van der Waals surface area (Å²) in [6.45, 7) is 1.42. The summed E-state index contributed by atoms with van der Waals surface area (Å²) >= 11 is 0. The van der Waals surface area contributed by atoms with Gasteiger partial charge in [0.2, 0.25) is 0 Å². The van der Waals surface area contributed by atoms with Crippen LogP contribution in [0.25, 0.3) is 32.7 Å². The van der Waals surface area contributed by atoms with Crippen LogP contribution < -0.4 is 9.47 Å². The molecule has 398 valence electrons. The Hall–Kier alpha value is -7.12. The Bertz CT molecular complexity index is 3430. The fraction of sp³-hybridized carbons (Fsp3) is 0.385. The Morgan fingerprint density at radius 2 is 1.42 bits per heavy atom. The molecule has 5 aliphatic rings. The number of benzene rings is 7. The number of rotatable bonds is 11. The summed E-state index contributed by atoms with van der Waals surface area (Å²) in [5.74, 6) is -2.63. The third-order valence-electron chi connectivity index (χ3n) is 19.0. The summed E-state index contributed by atoms with van der Waals surface area (Å²) in [5.41, 5.74) is 4.94. The number of fused-ring (bicyclic) bond motifs is 6. The monoisotopic (exact) mass is 1040 g/mol. The maximum absolute atomic E-state index is 16.2. The van der Waals surface area contributed by atoms with Crippen LogP contribution in [0.2, 0.25) is 0 Å². The zero-order chi connectivity index (χ0) is 53.5. The van der Waals surface area contributed by atoms with Crippen molar-refractivity contribution in [2.45, 2.75) is 118 Å². The van der Waals surface area contributed by atoms with Crippen molar-refractivity contribution in [2.75, 3.05) is 14.2 Å². The smallest absolute Gasteiger partial charge is 0.317 e. The molecule has 0 aromatic heterocycles. The molecule has 0 saturated heterocycles.